The summed E-state index contributed by atoms with van der Waals surface area (Å²) in [5.41, 5.74) is 2.12. The van der Waals surface area contributed by atoms with Crippen molar-refractivity contribution in [2.75, 3.05) is 11.4 Å². The Balaban J connectivity index is 2.29. The van der Waals surface area contributed by atoms with E-state index < -0.39 is 0 Å². The molecule has 1 aromatic carbocycles. The van der Waals surface area contributed by atoms with Crippen molar-refractivity contribution in [2.24, 2.45) is 0 Å². The molecule has 0 bridgehead atoms. The van der Waals surface area contributed by atoms with Crippen LogP contribution in [0.15, 0.2) is 18.2 Å². The lowest BCUT2D eigenvalue weighted by Crippen LogP contribution is -2.40. The van der Waals surface area contributed by atoms with Gasteiger partial charge in [-0.05, 0) is 37.8 Å². The van der Waals surface area contributed by atoms with E-state index in [0.29, 0.717) is 6.04 Å². The van der Waals surface area contributed by atoms with Gasteiger partial charge >= 0.3 is 0 Å². The highest BCUT2D eigenvalue weighted by molar-refractivity contribution is 6.30. The molecule has 0 aromatic heterocycles. The first-order chi connectivity index (χ1) is 8.76. The van der Waals surface area contributed by atoms with Crippen molar-refractivity contribution in [3.05, 3.63) is 28.8 Å². The second-order valence-electron chi connectivity index (χ2n) is 5.06. The van der Waals surface area contributed by atoms with Gasteiger partial charge in [0, 0.05) is 28.9 Å². The summed E-state index contributed by atoms with van der Waals surface area (Å²) >= 11 is 6.11. The van der Waals surface area contributed by atoms with E-state index in [-0.39, 0.29) is 6.61 Å². The zero-order chi connectivity index (χ0) is 13.0. The molecule has 1 aliphatic heterocycles. The van der Waals surface area contributed by atoms with E-state index in [4.69, 9.17) is 11.6 Å². The Morgan fingerprint density at radius 3 is 2.94 bits per heavy atom. The Morgan fingerprint density at radius 1 is 1.39 bits per heavy atom. The molecule has 100 valence electrons. The van der Waals surface area contributed by atoms with Crippen LogP contribution in [0.5, 0.6) is 0 Å². The van der Waals surface area contributed by atoms with Crippen LogP contribution >= 0.6 is 11.6 Å². The van der Waals surface area contributed by atoms with Crippen molar-refractivity contribution in [3.63, 3.8) is 0 Å². The number of hydrogen-bond donors (Lipinski definition) is 1. The molecule has 1 aliphatic rings. The second-order valence-corrected chi connectivity index (χ2v) is 5.50. The van der Waals surface area contributed by atoms with Crippen molar-refractivity contribution >= 4 is 17.3 Å². The standard InChI is InChI=1S/C15H22ClNO/c1-2-5-14-6-3-4-9-17(14)15-10-13(16)8-7-12(15)11-18/h7-8,10,14,18H,2-6,9,11H2,1H3. The van der Waals surface area contributed by atoms with Crippen LogP contribution in [0.1, 0.15) is 44.6 Å². The van der Waals surface area contributed by atoms with E-state index >= 15 is 0 Å². The highest BCUT2D eigenvalue weighted by atomic mass is 35.5. The maximum Gasteiger partial charge on any atom is 0.0702 e. The number of benzene rings is 1. The summed E-state index contributed by atoms with van der Waals surface area (Å²) in [6.45, 7) is 3.40. The monoisotopic (exact) mass is 267 g/mol. The lowest BCUT2D eigenvalue weighted by atomic mass is 9.96. The summed E-state index contributed by atoms with van der Waals surface area (Å²) in [5, 5.41) is 10.2. The van der Waals surface area contributed by atoms with Crippen LogP contribution in [0, 0.1) is 0 Å². The fraction of sp³-hybridized carbons (Fsp3) is 0.600. The van der Waals surface area contributed by atoms with Gasteiger partial charge in [-0.25, -0.2) is 0 Å². The van der Waals surface area contributed by atoms with Gasteiger partial charge < -0.3 is 10.0 Å². The molecule has 1 fully saturated rings. The smallest absolute Gasteiger partial charge is 0.0702 e. The van der Waals surface area contributed by atoms with Gasteiger partial charge in [-0.15, -0.1) is 0 Å². The Morgan fingerprint density at radius 2 is 2.22 bits per heavy atom. The zero-order valence-electron chi connectivity index (χ0n) is 11.0. The number of hydrogen-bond acceptors (Lipinski definition) is 2. The number of aliphatic hydroxyl groups is 1. The number of anilines is 1. The third-order valence-corrected chi connectivity index (χ3v) is 4.01. The third-order valence-electron chi connectivity index (χ3n) is 3.78. The van der Waals surface area contributed by atoms with Crippen LogP contribution in [-0.2, 0) is 6.61 Å². The van der Waals surface area contributed by atoms with Crippen molar-refractivity contribution in [3.8, 4) is 0 Å². The lowest BCUT2D eigenvalue weighted by molar-refractivity contribution is 0.281. The topological polar surface area (TPSA) is 23.5 Å². The Bertz CT molecular complexity index is 392. The quantitative estimate of drug-likeness (QED) is 0.892. The van der Waals surface area contributed by atoms with Crippen LogP contribution in [0.25, 0.3) is 0 Å². The summed E-state index contributed by atoms with van der Waals surface area (Å²) in [5.74, 6) is 0. The molecule has 2 nitrogen and oxygen atoms in total. The summed E-state index contributed by atoms with van der Waals surface area (Å²) in [6, 6.07) is 6.40. The first kappa shape index (κ1) is 13.7. The maximum absolute atomic E-state index is 9.49. The minimum atomic E-state index is 0.0852. The van der Waals surface area contributed by atoms with E-state index in [1.807, 2.05) is 18.2 Å². The van der Waals surface area contributed by atoms with Crippen molar-refractivity contribution < 1.29 is 5.11 Å². The fourth-order valence-electron chi connectivity index (χ4n) is 2.89. The van der Waals surface area contributed by atoms with Gasteiger partial charge in [0.2, 0.25) is 0 Å². The molecule has 1 atom stereocenters. The number of aliphatic hydroxyl groups excluding tert-OH is 1. The normalized spacial score (nSPS) is 20.2. The van der Waals surface area contributed by atoms with Gasteiger partial charge in [0.15, 0.2) is 0 Å². The van der Waals surface area contributed by atoms with Crippen molar-refractivity contribution in [1.29, 1.82) is 0 Å². The highest BCUT2D eigenvalue weighted by Gasteiger charge is 2.23. The molecule has 2 rings (SSSR count). The first-order valence-electron chi connectivity index (χ1n) is 6.92. The van der Waals surface area contributed by atoms with E-state index in [1.165, 1.54) is 32.1 Å². The maximum atomic E-state index is 9.49. The molecular formula is C15H22ClNO. The summed E-state index contributed by atoms with van der Waals surface area (Å²) in [7, 11) is 0. The predicted octanol–water partition coefficient (Wildman–Crippen LogP) is 3.99. The number of nitrogens with zero attached hydrogens (tertiary/aromatic N) is 1. The van der Waals surface area contributed by atoms with Gasteiger partial charge in [-0.2, -0.15) is 0 Å². The second kappa shape index (κ2) is 6.44. The third kappa shape index (κ3) is 2.99. The average Bonchev–Trinajstić information content (AvgIpc) is 2.40. The highest BCUT2D eigenvalue weighted by Crippen LogP contribution is 2.32. The number of rotatable bonds is 4. The molecular weight excluding hydrogens is 246 g/mol. The van der Waals surface area contributed by atoms with E-state index in [0.717, 1.165) is 22.8 Å². The fourth-order valence-corrected chi connectivity index (χ4v) is 3.06. The minimum Gasteiger partial charge on any atom is -0.392 e. The van der Waals surface area contributed by atoms with E-state index in [9.17, 15) is 5.11 Å². The molecule has 0 radical (unpaired) electrons. The molecule has 3 heteroatoms. The van der Waals surface area contributed by atoms with Gasteiger partial charge in [-0.3, -0.25) is 0 Å². The Labute approximate surface area is 115 Å². The van der Waals surface area contributed by atoms with Crippen LogP contribution < -0.4 is 4.90 Å². The van der Waals surface area contributed by atoms with Crippen molar-refractivity contribution in [1.82, 2.24) is 0 Å². The van der Waals surface area contributed by atoms with Crippen LogP contribution in [0.2, 0.25) is 5.02 Å². The van der Waals surface area contributed by atoms with Crippen LogP contribution in [-0.4, -0.2) is 17.7 Å². The van der Waals surface area contributed by atoms with Gasteiger partial charge in [0.1, 0.15) is 0 Å². The largest absolute Gasteiger partial charge is 0.392 e. The number of halogens is 1. The summed E-state index contributed by atoms with van der Waals surface area (Å²) in [4.78, 5) is 2.45. The summed E-state index contributed by atoms with van der Waals surface area (Å²) < 4.78 is 0. The SMILES string of the molecule is CCCC1CCCCN1c1cc(Cl)ccc1CO. The molecule has 1 heterocycles. The van der Waals surface area contributed by atoms with Crippen molar-refractivity contribution in [2.45, 2.75) is 51.7 Å². The molecule has 0 spiro atoms. The van der Waals surface area contributed by atoms with Crippen LogP contribution in [0.3, 0.4) is 0 Å². The van der Waals surface area contributed by atoms with Gasteiger partial charge in [0.05, 0.1) is 6.61 Å². The average molecular weight is 268 g/mol. The molecule has 0 amide bonds. The molecule has 0 saturated carbocycles. The molecule has 1 N–H and O–H groups in total. The lowest BCUT2D eigenvalue weighted by Gasteiger charge is -2.38. The summed E-state index contributed by atoms with van der Waals surface area (Å²) in [6.07, 6.45) is 6.23. The van der Waals surface area contributed by atoms with Crippen LogP contribution in [0.4, 0.5) is 5.69 Å². The molecule has 0 aliphatic carbocycles. The Kier molecular flexibility index (Phi) is 4.90. The molecule has 1 saturated heterocycles. The molecule has 1 unspecified atom stereocenters. The molecule has 1 aromatic rings. The first-order valence-corrected chi connectivity index (χ1v) is 7.30. The minimum absolute atomic E-state index is 0.0852. The predicted molar refractivity (Wildman–Crippen MR) is 77.3 cm³/mol. The Hall–Kier alpha value is -0.730. The van der Waals surface area contributed by atoms with E-state index in [2.05, 4.69) is 11.8 Å². The number of piperidine rings is 1. The van der Waals surface area contributed by atoms with Gasteiger partial charge in [0.25, 0.3) is 0 Å². The zero-order valence-corrected chi connectivity index (χ0v) is 11.8. The van der Waals surface area contributed by atoms with Gasteiger partial charge in [-0.1, -0.05) is 31.0 Å². The molecule has 18 heavy (non-hydrogen) atoms. The van der Waals surface area contributed by atoms with E-state index in [1.54, 1.807) is 0 Å².